The van der Waals surface area contributed by atoms with Gasteiger partial charge >= 0.3 is 6.09 Å². The highest BCUT2D eigenvalue weighted by atomic mass is 79.9. The van der Waals surface area contributed by atoms with Gasteiger partial charge in [0.25, 0.3) is 0 Å². The van der Waals surface area contributed by atoms with Gasteiger partial charge in [0.15, 0.2) is 0 Å². The predicted molar refractivity (Wildman–Crippen MR) is 68.1 cm³/mol. The molecule has 1 aliphatic rings. The van der Waals surface area contributed by atoms with E-state index >= 15 is 0 Å². The average Bonchev–Trinajstić information content (AvgIpc) is 2.66. The summed E-state index contributed by atoms with van der Waals surface area (Å²) in [4.78, 5) is 15.8. The van der Waals surface area contributed by atoms with E-state index in [9.17, 15) is 4.79 Å². The predicted octanol–water partition coefficient (Wildman–Crippen LogP) is 2.97. The lowest BCUT2D eigenvalue weighted by atomic mass is 10.1. The minimum absolute atomic E-state index is 0.473. The molecular formula is C12H11BrN2O2. The fraction of sp³-hybridized carbons (Fsp3) is 0.250. The number of aromatic nitrogens is 1. The van der Waals surface area contributed by atoms with Gasteiger partial charge in [-0.2, -0.15) is 0 Å². The normalized spacial score (nSPS) is 15.0. The second-order valence-electron chi connectivity index (χ2n) is 4.23. The first-order valence-electron chi connectivity index (χ1n) is 5.42. The summed E-state index contributed by atoms with van der Waals surface area (Å²) in [6.45, 7) is 1.04. The molecule has 0 saturated carbocycles. The Morgan fingerprint density at radius 2 is 2.29 bits per heavy atom. The van der Waals surface area contributed by atoms with Gasteiger partial charge in [-0.05, 0) is 18.2 Å². The first kappa shape index (κ1) is 10.7. The van der Waals surface area contributed by atoms with Crippen LogP contribution in [0.2, 0.25) is 0 Å². The number of fused-ring (bicyclic) bond motifs is 3. The largest absolute Gasteiger partial charge is 0.465 e. The molecule has 0 atom stereocenters. The molecule has 0 saturated heterocycles. The van der Waals surface area contributed by atoms with Crippen molar-refractivity contribution in [2.45, 2.75) is 13.0 Å². The molecule has 4 nitrogen and oxygen atoms in total. The van der Waals surface area contributed by atoms with Gasteiger partial charge in [-0.25, -0.2) is 4.79 Å². The third-order valence-corrected chi connectivity index (χ3v) is 3.70. The Morgan fingerprint density at radius 3 is 3.06 bits per heavy atom. The molecule has 5 heteroatoms. The van der Waals surface area contributed by atoms with Crippen LogP contribution in [0.5, 0.6) is 0 Å². The molecule has 88 valence electrons. The van der Waals surface area contributed by atoms with Crippen LogP contribution in [-0.2, 0) is 13.0 Å². The van der Waals surface area contributed by atoms with Gasteiger partial charge < -0.3 is 15.0 Å². The maximum atomic E-state index is 11.0. The Labute approximate surface area is 106 Å². The third kappa shape index (κ3) is 1.70. The van der Waals surface area contributed by atoms with Crippen LogP contribution in [0.4, 0.5) is 4.79 Å². The van der Waals surface area contributed by atoms with Crippen molar-refractivity contribution < 1.29 is 9.90 Å². The molecule has 1 aromatic heterocycles. The van der Waals surface area contributed by atoms with Crippen molar-refractivity contribution in [3.63, 3.8) is 0 Å². The number of nitrogens with one attached hydrogen (secondary N) is 1. The summed E-state index contributed by atoms with van der Waals surface area (Å²) in [6, 6.07) is 6.04. The summed E-state index contributed by atoms with van der Waals surface area (Å²) >= 11 is 3.45. The monoisotopic (exact) mass is 294 g/mol. The van der Waals surface area contributed by atoms with Crippen LogP contribution in [0.1, 0.15) is 11.3 Å². The number of benzene rings is 1. The fourth-order valence-electron chi connectivity index (χ4n) is 2.35. The van der Waals surface area contributed by atoms with Gasteiger partial charge in [0.05, 0.1) is 6.54 Å². The number of H-pyrrole nitrogens is 1. The number of nitrogens with zero attached hydrogens (tertiary/aromatic N) is 1. The quantitative estimate of drug-likeness (QED) is 0.785. The zero-order chi connectivity index (χ0) is 12.0. The van der Waals surface area contributed by atoms with Crippen LogP contribution < -0.4 is 0 Å². The maximum Gasteiger partial charge on any atom is 0.407 e. The molecule has 0 radical (unpaired) electrons. The van der Waals surface area contributed by atoms with Crippen molar-refractivity contribution in [1.29, 1.82) is 0 Å². The molecule has 0 aliphatic carbocycles. The third-order valence-electron chi connectivity index (χ3n) is 3.21. The Kier molecular flexibility index (Phi) is 2.36. The summed E-state index contributed by atoms with van der Waals surface area (Å²) in [5.41, 5.74) is 3.34. The number of hydrogen-bond donors (Lipinski definition) is 2. The van der Waals surface area contributed by atoms with Crippen LogP contribution in [0.25, 0.3) is 10.9 Å². The summed E-state index contributed by atoms with van der Waals surface area (Å²) in [6.07, 6.45) is -0.0894. The van der Waals surface area contributed by atoms with Gasteiger partial charge in [0.1, 0.15) is 0 Å². The molecule has 0 fully saturated rings. The number of amides is 1. The van der Waals surface area contributed by atoms with Crippen molar-refractivity contribution >= 4 is 32.9 Å². The summed E-state index contributed by atoms with van der Waals surface area (Å²) in [7, 11) is 0. The number of hydrogen-bond acceptors (Lipinski definition) is 1. The Morgan fingerprint density at radius 1 is 1.47 bits per heavy atom. The van der Waals surface area contributed by atoms with E-state index < -0.39 is 6.09 Å². The van der Waals surface area contributed by atoms with E-state index in [2.05, 4.69) is 20.9 Å². The minimum atomic E-state index is -0.847. The summed E-state index contributed by atoms with van der Waals surface area (Å²) in [5, 5.41) is 10.1. The molecule has 2 heterocycles. The van der Waals surface area contributed by atoms with E-state index in [0.29, 0.717) is 13.1 Å². The number of aromatic amines is 1. The van der Waals surface area contributed by atoms with E-state index in [0.717, 1.165) is 33.1 Å². The molecule has 1 aromatic carbocycles. The number of carboxylic acid groups (broad SMARTS) is 1. The zero-order valence-corrected chi connectivity index (χ0v) is 10.6. The average molecular weight is 295 g/mol. The first-order chi connectivity index (χ1) is 8.15. The molecule has 2 aromatic rings. The van der Waals surface area contributed by atoms with Gasteiger partial charge in [-0.1, -0.05) is 15.9 Å². The second kappa shape index (κ2) is 3.77. The SMILES string of the molecule is O=C(O)N1CCc2[nH]c3ccc(Br)cc3c2C1. The maximum absolute atomic E-state index is 11.0. The fourth-order valence-corrected chi connectivity index (χ4v) is 2.71. The van der Waals surface area contributed by atoms with Gasteiger partial charge in [-0.3, -0.25) is 0 Å². The van der Waals surface area contributed by atoms with Crippen molar-refractivity contribution in [2.75, 3.05) is 6.54 Å². The highest BCUT2D eigenvalue weighted by Crippen LogP contribution is 2.29. The van der Waals surface area contributed by atoms with Crippen molar-refractivity contribution in [1.82, 2.24) is 9.88 Å². The molecule has 0 bridgehead atoms. The van der Waals surface area contributed by atoms with Crippen LogP contribution >= 0.6 is 15.9 Å². The second-order valence-corrected chi connectivity index (χ2v) is 5.14. The van der Waals surface area contributed by atoms with Gasteiger partial charge in [0.2, 0.25) is 0 Å². The van der Waals surface area contributed by atoms with Crippen molar-refractivity contribution in [3.8, 4) is 0 Å². The van der Waals surface area contributed by atoms with Crippen molar-refractivity contribution in [3.05, 3.63) is 33.9 Å². The van der Waals surface area contributed by atoms with Gasteiger partial charge in [0, 0.05) is 39.6 Å². The molecule has 1 aliphatic heterocycles. The Bertz CT molecular complexity index is 606. The lowest BCUT2D eigenvalue weighted by Gasteiger charge is -2.24. The van der Waals surface area contributed by atoms with E-state index in [1.165, 1.54) is 4.90 Å². The molecular weight excluding hydrogens is 284 g/mol. The lowest BCUT2D eigenvalue weighted by Crippen LogP contribution is -2.34. The minimum Gasteiger partial charge on any atom is -0.465 e. The van der Waals surface area contributed by atoms with Crippen LogP contribution in [0.15, 0.2) is 22.7 Å². The zero-order valence-electron chi connectivity index (χ0n) is 9.03. The summed E-state index contributed by atoms with van der Waals surface area (Å²) < 4.78 is 1.01. The van der Waals surface area contributed by atoms with E-state index in [-0.39, 0.29) is 0 Å². The summed E-state index contributed by atoms with van der Waals surface area (Å²) in [5.74, 6) is 0. The van der Waals surface area contributed by atoms with Crippen LogP contribution in [0, 0.1) is 0 Å². The van der Waals surface area contributed by atoms with Gasteiger partial charge in [-0.15, -0.1) is 0 Å². The molecule has 1 amide bonds. The highest BCUT2D eigenvalue weighted by molar-refractivity contribution is 9.10. The van der Waals surface area contributed by atoms with E-state index in [1.807, 2.05) is 18.2 Å². The van der Waals surface area contributed by atoms with Crippen LogP contribution in [-0.4, -0.2) is 27.6 Å². The van der Waals surface area contributed by atoms with Crippen molar-refractivity contribution in [2.24, 2.45) is 0 Å². The number of halogens is 1. The Hall–Kier alpha value is -1.49. The topological polar surface area (TPSA) is 56.3 Å². The number of carbonyl (C=O) groups is 1. The lowest BCUT2D eigenvalue weighted by molar-refractivity contribution is 0.140. The Balaban J connectivity index is 2.13. The smallest absolute Gasteiger partial charge is 0.407 e. The molecule has 0 unspecified atom stereocenters. The number of rotatable bonds is 0. The molecule has 2 N–H and O–H groups in total. The molecule has 3 rings (SSSR count). The van der Waals surface area contributed by atoms with E-state index in [4.69, 9.17) is 5.11 Å². The molecule has 0 spiro atoms. The first-order valence-corrected chi connectivity index (χ1v) is 6.21. The van der Waals surface area contributed by atoms with Crippen LogP contribution in [0.3, 0.4) is 0 Å². The standard InChI is InChI=1S/C12H11BrN2O2/c13-7-1-2-10-8(5-7)9-6-15(12(16)17)4-3-11(9)14-10/h1-2,5,14H,3-4,6H2,(H,16,17). The molecule has 17 heavy (non-hydrogen) atoms. The highest BCUT2D eigenvalue weighted by Gasteiger charge is 2.23. The van der Waals surface area contributed by atoms with E-state index in [1.54, 1.807) is 0 Å².